The van der Waals surface area contributed by atoms with Crippen LogP contribution < -0.4 is 4.74 Å². The number of methoxy groups -OCH3 is 1. The Labute approximate surface area is 215 Å². The predicted octanol–water partition coefficient (Wildman–Crippen LogP) is 4.42. The van der Waals surface area contributed by atoms with Crippen molar-refractivity contribution in [1.29, 1.82) is 5.26 Å². The first-order chi connectivity index (χ1) is 18.1. The quantitative estimate of drug-likeness (QED) is 0.414. The number of aliphatic hydroxyl groups excluding tert-OH is 1. The van der Waals surface area contributed by atoms with E-state index in [9.17, 15) is 10.4 Å². The number of hydrogen-bond donors (Lipinski definition) is 2. The van der Waals surface area contributed by atoms with Gasteiger partial charge < -0.3 is 9.84 Å². The summed E-state index contributed by atoms with van der Waals surface area (Å²) in [5, 5.41) is 26.7. The molecule has 0 radical (unpaired) electrons. The fourth-order valence-electron chi connectivity index (χ4n) is 6.80. The third-order valence-corrected chi connectivity index (χ3v) is 8.77. The standard InChI is InChI=1S/C30H29N5O2/c1-37-26-13-25-29(32-28(26)24-4-2-3-22-19(15-31)7-10-23(22)24)27(34-33-25)18-5-8-20(9-6-18)30-14-21(30)16-35(17-30)11-12-36/h2-6,8-9,13,19,21,36H,7,10-12,14,16-17H2,1H3,(H,33,34)/t19?,21-,30+/m1/s1. The van der Waals surface area contributed by atoms with Crippen molar-refractivity contribution in [1.82, 2.24) is 20.1 Å². The van der Waals surface area contributed by atoms with E-state index in [1.165, 1.54) is 17.5 Å². The number of nitrogens with one attached hydrogen (secondary N) is 1. The van der Waals surface area contributed by atoms with Gasteiger partial charge in [-0.25, -0.2) is 4.98 Å². The molecule has 7 nitrogen and oxygen atoms in total. The monoisotopic (exact) mass is 491 g/mol. The third-order valence-electron chi connectivity index (χ3n) is 8.77. The molecule has 2 fully saturated rings. The Bertz CT molecular complexity index is 1550. The zero-order chi connectivity index (χ0) is 25.1. The lowest BCUT2D eigenvalue weighted by atomic mass is 9.93. The van der Waals surface area contributed by atoms with Gasteiger partial charge in [-0.2, -0.15) is 10.4 Å². The minimum absolute atomic E-state index is 0.0613. The smallest absolute Gasteiger partial charge is 0.147 e. The number of aromatic amines is 1. The van der Waals surface area contributed by atoms with Crippen LogP contribution in [0.4, 0.5) is 0 Å². The molecule has 3 aliphatic rings. The minimum atomic E-state index is -0.0613. The van der Waals surface area contributed by atoms with Crippen LogP contribution in [0.5, 0.6) is 5.75 Å². The van der Waals surface area contributed by atoms with Gasteiger partial charge in [-0.05, 0) is 41.9 Å². The predicted molar refractivity (Wildman–Crippen MR) is 141 cm³/mol. The highest BCUT2D eigenvalue weighted by molar-refractivity contribution is 5.93. The van der Waals surface area contributed by atoms with Crippen molar-refractivity contribution >= 4 is 11.0 Å². The van der Waals surface area contributed by atoms with E-state index >= 15 is 0 Å². The highest BCUT2D eigenvalue weighted by Crippen LogP contribution is 2.59. The van der Waals surface area contributed by atoms with Gasteiger partial charge in [0.1, 0.15) is 22.7 Å². The van der Waals surface area contributed by atoms with Crippen LogP contribution in [0, 0.1) is 17.2 Å². The molecular weight excluding hydrogens is 462 g/mol. The summed E-state index contributed by atoms with van der Waals surface area (Å²) in [4.78, 5) is 7.48. The van der Waals surface area contributed by atoms with E-state index in [0.29, 0.717) is 11.7 Å². The van der Waals surface area contributed by atoms with Gasteiger partial charge in [0.25, 0.3) is 0 Å². The maximum absolute atomic E-state index is 9.58. The number of fused-ring (bicyclic) bond motifs is 3. The maximum Gasteiger partial charge on any atom is 0.147 e. The number of benzene rings is 2. The number of piperidine rings is 1. The van der Waals surface area contributed by atoms with Crippen LogP contribution in [0.15, 0.2) is 48.5 Å². The molecule has 1 unspecified atom stereocenters. The molecule has 0 spiro atoms. The molecule has 2 aliphatic carbocycles. The van der Waals surface area contributed by atoms with E-state index in [4.69, 9.17) is 9.72 Å². The van der Waals surface area contributed by atoms with Gasteiger partial charge >= 0.3 is 0 Å². The summed E-state index contributed by atoms with van der Waals surface area (Å²) >= 11 is 0. The molecule has 3 heterocycles. The number of likely N-dealkylation sites (tertiary alicyclic amines) is 1. The fraction of sp³-hybridized carbons (Fsp3) is 0.367. The fourth-order valence-corrected chi connectivity index (χ4v) is 6.80. The second-order valence-electron chi connectivity index (χ2n) is 10.7. The van der Waals surface area contributed by atoms with Crippen LogP contribution in [0.25, 0.3) is 33.5 Å². The second-order valence-corrected chi connectivity index (χ2v) is 10.7. The van der Waals surface area contributed by atoms with Crippen molar-refractivity contribution in [3.8, 4) is 34.3 Å². The number of hydrogen-bond acceptors (Lipinski definition) is 6. The van der Waals surface area contributed by atoms with Crippen molar-refractivity contribution in [3.63, 3.8) is 0 Å². The molecule has 186 valence electrons. The Kier molecular flexibility index (Phi) is 5.10. The molecule has 4 aromatic rings. The average molecular weight is 492 g/mol. The van der Waals surface area contributed by atoms with Gasteiger partial charge in [0, 0.05) is 42.2 Å². The lowest BCUT2D eigenvalue weighted by Crippen LogP contribution is -2.29. The van der Waals surface area contributed by atoms with Crippen molar-refractivity contribution in [2.24, 2.45) is 5.92 Å². The number of β-amino-alcohol motifs (C(OH)–C–C–N with tert-alkyl or cyclic N) is 1. The summed E-state index contributed by atoms with van der Waals surface area (Å²) in [5.41, 5.74) is 9.24. The molecule has 7 heteroatoms. The van der Waals surface area contributed by atoms with Crippen LogP contribution in [-0.4, -0.2) is 58.5 Å². The van der Waals surface area contributed by atoms with E-state index in [1.807, 2.05) is 12.1 Å². The largest absolute Gasteiger partial charge is 0.494 e. The first-order valence-corrected chi connectivity index (χ1v) is 13.0. The summed E-state index contributed by atoms with van der Waals surface area (Å²) < 4.78 is 5.76. The van der Waals surface area contributed by atoms with E-state index in [2.05, 4.69) is 57.6 Å². The van der Waals surface area contributed by atoms with Gasteiger partial charge in [0.05, 0.1) is 31.2 Å². The Hall–Kier alpha value is -3.73. The Balaban J connectivity index is 1.27. The summed E-state index contributed by atoms with van der Waals surface area (Å²) in [7, 11) is 1.67. The second kappa shape index (κ2) is 8.41. The number of rotatable bonds is 6. The molecule has 0 amide bonds. The van der Waals surface area contributed by atoms with Crippen molar-refractivity contribution in [2.75, 3.05) is 33.4 Å². The van der Waals surface area contributed by atoms with Gasteiger partial charge in [0.2, 0.25) is 0 Å². The number of nitriles is 1. The van der Waals surface area contributed by atoms with E-state index < -0.39 is 0 Å². The number of nitrogens with zero attached hydrogens (tertiary/aromatic N) is 4. The summed E-state index contributed by atoms with van der Waals surface area (Å²) in [6, 6.07) is 19.4. The molecule has 3 atom stereocenters. The molecule has 1 saturated heterocycles. The van der Waals surface area contributed by atoms with E-state index in [0.717, 1.165) is 71.6 Å². The summed E-state index contributed by atoms with van der Waals surface area (Å²) in [5.74, 6) is 1.33. The molecule has 2 aromatic heterocycles. The van der Waals surface area contributed by atoms with Gasteiger partial charge in [-0.1, -0.05) is 42.5 Å². The van der Waals surface area contributed by atoms with Crippen molar-refractivity contribution in [3.05, 3.63) is 65.2 Å². The summed E-state index contributed by atoms with van der Waals surface area (Å²) in [6.07, 6.45) is 2.94. The van der Waals surface area contributed by atoms with Gasteiger partial charge in [-0.3, -0.25) is 10.00 Å². The van der Waals surface area contributed by atoms with Crippen LogP contribution in [0.1, 0.15) is 35.4 Å². The summed E-state index contributed by atoms with van der Waals surface area (Å²) in [6.45, 7) is 3.09. The zero-order valence-corrected chi connectivity index (χ0v) is 20.9. The van der Waals surface area contributed by atoms with Crippen molar-refractivity contribution in [2.45, 2.75) is 30.6 Å². The van der Waals surface area contributed by atoms with Crippen LogP contribution >= 0.6 is 0 Å². The average Bonchev–Trinajstić information content (AvgIpc) is 3.26. The van der Waals surface area contributed by atoms with Crippen LogP contribution in [0.2, 0.25) is 0 Å². The number of ether oxygens (including phenoxy) is 1. The van der Waals surface area contributed by atoms with Gasteiger partial charge in [0.15, 0.2) is 0 Å². The third kappa shape index (κ3) is 3.40. The molecular formula is C30H29N5O2. The lowest BCUT2D eigenvalue weighted by molar-refractivity contribution is 0.207. The maximum atomic E-state index is 9.58. The molecule has 7 rings (SSSR count). The Morgan fingerprint density at radius 1 is 1.22 bits per heavy atom. The number of aliphatic hydroxyl groups is 1. The highest BCUT2D eigenvalue weighted by Gasteiger charge is 2.60. The molecule has 0 bridgehead atoms. The zero-order valence-electron chi connectivity index (χ0n) is 20.9. The molecule has 37 heavy (non-hydrogen) atoms. The Morgan fingerprint density at radius 3 is 2.86 bits per heavy atom. The SMILES string of the molecule is COc1cc2[nH]nc(-c3ccc([C@@]45C[C@@H]4CN(CCO)C5)cc3)c2nc1-c1cccc2c1CCC2C#N. The van der Waals surface area contributed by atoms with Gasteiger partial charge in [-0.15, -0.1) is 0 Å². The van der Waals surface area contributed by atoms with E-state index in [-0.39, 0.29) is 17.9 Å². The lowest BCUT2D eigenvalue weighted by Gasteiger charge is -2.20. The number of aromatic nitrogens is 3. The topological polar surface area (TPSA) is 98.1 Å². The molecule has 2 N–H and O–H groups in total. The van der Waals surface area contributed by atoms with Crippen LogP contribution in [-0.2, 0) is 11.8 Å². The number of pyridine rings is 1. The highest BCUT2D eigenvalue weighted by atomic mass is 16.5. The first-order valence-electron chi connectivity index (χ1n) is 13.0. The molecule has 1 saturated carbocycles. The molecule has 2 aromatic carbocycles. The molecule has 1 aliphatic heterocycles. The normalized spacial score (nSPS) is 24.1. The Morgan fingerprint density at radius 2 is 2.08 bits per heavy atom. The minimum Gasteiger partial charge on any atom is -0.494 e. The first kappa shape index (κ1) is 22.5. The van der Waals surface area contributed by atoms with Crippen molar-refractivity contribution < 1.29 is 9.84 Å². The van der Waals surface area contributed by atoms with E-state index in [1.54, 1.807) is 7.11 Å². The van der Waals surface area contributed by atoms with Crippen LogP contribution in [0.3, 0.4) is 0 Å². The number of H-pyrrole nitrogens is 1.